The van der Waals surface area contributed by atoms with Crippen molar-refractivity contribution in [3.8, 4) is 17.2 Å². The number of carbonyl (C=O) groups is 2. The number of ether oxygens (including phenoxy) is 3. The number of amides is 1. The topological polar surface area (TPSA) is 119 Å². The molecule has 10 heteroatoms. The van der Waals surface area contributed by atoms with E-state index in [2.05, 4.69) is 15.5 Å². The first-order chi connectivity index (χ1) is 12.4. The van der Waals surface area contributed by atoms with Gasteiger partial charge in [-0.3, -0.25) is 9.59 Å². The molecule has 2 rings (SSSR count). The Hall–Kier alpha value is -2.75. The Morgan fingerprint density at radius 2 is 1.85 bits per heavy atom. The van der Waals surface area contributed by atoms with E-state index in [0.29, 0.717) is 28.5 Å². The van der Waals surface area contributed by atoms with Gasteiger partial charge in [0, 0.05) is 5.56 Å². The summed E-state index contributed by atoms with van der Waals surface area (Å²) < 4.78 is 15.9. The summed E-state index contributed by atoms with van der Waals surface area (Å²) in [7, 11) is 4.54. The number of methoxy groups -OCH3 is 3. The molecule has 1 amide bonds. The number of nitrogens with zero attached hydrogens (tertiary/aromatic N) is 2. The van der Waals surface area contributed by atoms with Crippen LogP contribution in [0.15, 0.2) is 22.3 Å². The molecule has 0 spiro atoms. The Morgan fingerprint density at radius 3 is 2.35 bits per heavy atom. The first-order valence-electron chi connectivity index (χ1n) is 7.51. The number of hydrogen-bond acceptors (Lipinski definition) is 8. The van der Waals surface area contributed by atoms with Crippen LogP contribution in [-0.4, -0.2) is 54.4 Å². The van der Waals surface area contributed by atoms with Crippen LogP contribution in [0, 0.1) is 0 Å². The Kier molecular flexibility index (Phi) is 6.45. The van der Waals surface area contributed by atoms with Gasteiger partial charge in [0.25, 0.3) is 0 Å². The zero-order valence-corrected chi connectivity index (χ0v) is 15.5. The van der Waals surface area contributed by atoms with E-state index in [-0.39, 0.29) is 11.6 Å². The molecule has 1 heterocycles. The average Bonchev–Trinajstić information content (AvgIpc) is 2.97. The van der Waals surface area contributed by atoms with E-state index < -0.39 is 17.1 Å². The van der Waals surface area contributed by atoms with Crippen LogP contribution in [0.4, 0.5) is 0 Å². The number of carboxylic acid groups (broad SMARTS) is 1. The molecule has 1 saturated heterocycles. The second-order valence-corrected chi connectivity index (χ2v) is 6.39. The van der Waals surface area contributed by atoms with E-state index in [1.807, 2.05) is 0 Å². The van der Waals surface area contributed by atoms with Gasteiger partial charge in [0.15, 0.2) is 16.7 Å². The monoisotopic (exact) mass is 381 g/mol. The molecule has 140 valence electrons. The molecule has 1 aromatic carbocycles. The first kappa shape index (κ1) is 19.6. The van der Waals surface area contributed by atoms with Crippen LogP contribution in [0.1, 0.15) is 18.9 Å². The van der Waals surface area contributed by atoms with Gasteiger partial charge < -0.3 is 24.6 Å². The Bertz CT molecular complexity index is 752. The maximum Gasteiger partial charge on any atom is 0.305 e. The average molecular weight is 381 g/mol. The Labute approximate surface area is 154 Å². The van der Waals surface area contributed by atoms with Crippen LogP contribution in [-0.2, 0) is 9.59 Å². The molecule has 2 N–H and O–H groups in total. The van der Waals surface area contributed by atoms with Crippen molar-refractivity contribution in [2.24, 2.45) is 10.2 Å². The second kappa shape index (κ2) is 8.56. The number of amidine groups is 1. The van der Waals surface area contributed by atoms with E-state index in [0.717, 1.165) is 11.8 Å². The van der Waals surface area contributed by atoms with Gasteiger partial charge in [-0.25, -0.2) is 0 Å². The van der Waals surface area contributed by atoms with Gasteiger partial charge in [-0.2, -0.15) is 5.10 Å². The molecule has 1 fully saturated rings. The standard InChI is InChI=1S/C16H19N3O6S/c1-8(9-5-10(23-2)14(25-4)11(6-9)24-3)18-19-16-17-15(22)12(26-16)7-13(20)21/h5-6,12H,7H2,1-4H3,(H,20,21)(H,17,19,22)/b18-8+/t12-/m1/s1. The minimum absolute atomic E-state index is 0.257. The molecule has 9 nitrogen and oxygen atoms in total. The number of benzene rings is 1. The van der Waals surface area contributed by atoms with Gasteiger partial charge in [-0.15, -0.1) is 5.10 Å². The van der Waals surface area contributed by atoms with Gasteiger partial charge >= 0.3 is 5.97 Å². The summed E-state index contributed by atoms with van der Waals surface area (Å²) in [6.07, 6.45) is -0.273. The fraction of sp³-hybridized carbons (Fsp3) is 0.375. The lowest BCUT2D eigenvalue weighted by atomic mass is 10.1. The van der Waals surface area contributed by atoms with Crippen LogP contribution in [0.25, 0.3) is 0 Å². The number of aliphatic carboxylic acids is 1. The molecule has 0 unspecified atom stereocenters. The smallest absolute Gasteiger partial charge is 0.305 e. The van der Waals surface area contributed by atoms with Gasteiger partial charge in [-0.1, -0.05) is 11.8 Å². The number of thioether (sulfide) groups is 1. The van der Waals surface area contributed by atoms with Gasteiger partial charge in [0.1, 0.15) is 5.25 Å². The third kappa shape index (κ3) is 4.45. The molecule has 0 saturated carbocycles. The van der Waals surface area contributed by atoms with Gasteiger partial charge in [-0.05, 0) is 19.1 Å². The largest absolute Gasteiger partial charge is 0.493 e. The number of carbonyl (C=O) groups excluding carboxylic acids is 1. The zero-order valence-electron chi connectivity index (χ0n) is 14.7. The van der Waals surface area contributed by atoms with Crippen molar-refractivity contribution in [3.05, 3.63) is 17.7 Å². The maximum atomic E-state index is 11.7. The quantitative estimate of drug-likeness (QED) is 0.542. The van der Waals surface area contributed by atoms with E-state index in [1.165, 1.54) is 21.3 Å². The number of nitrogens with one attached hydrogen (secondary N) is 1. The summed E-state index contributed by atoms with van der Waals surface area (Å²) in [5.74, 6) is -0.0102. The highest BCUT2D eigenvalue weighted by molar-refractivity contribution is 8.15. The third-order valence-electron chi connectivity index (χ3n) is 3.51. The van der Waals surface area contributed by atoms with E-state index in [4.69, 9.17) is 19.3 Å². The molecule has 0 aromatic heterocycles. The Morgan fingerprint density at radius 1 is 1.23 bits per heavy atom. The molecule has 0 aliphatic carbocycles. The molecule has 0 bridgehead atoms. The fourth-order valence-electron chi connectivity index (χ4n) is 2.21. The summed E-state index contributed by atoms with van der Waals surface area (Å²) >= 11 is 1.04. The zero-order chi connectivity index (χ0) is 19.3. The van der Waals surface area contributed by atoms with Crippen molar-refractivity contribution in [3.63, 3.8) is 0 Å². The molecule has 1 aliphatic heterocycles. The summed E-state index contributed by atoms with van der Waals surface area (Å²) in [6.45, 7) is 1.74. The highest BCUT2D eigenvalue weighted by Gasteiger charge is 2.32. The normalized spacial score (nSPS) is 18.6. The predicted molar refractivity (Wildman–Crippen MR) is 97.5 cm³/mol. The SMILES string of the molecule is COc1cc(/C(C)=N/N=C2\NC(=O)[C@@H](CC(=O)O)S2)cc(OC)c1OC. The van der Waals surface area contributed by atoms with Crippen LogP contribution in [0.5, 0.6) is 17.2 Å². The fourth-order valence-corrected chi connectivity index (χ4v) is 3.12. The van der Waals surface area contributed by atoms with Crippen LogP contribution in [0.2, 0.25) is 0 Å². The molecule has 1 atom stereocenters. The maximum absolute atomic E-state index is 11.7. The van der Waals surface area contributed by atoms with Crippen molar-refractivity contribution < 1.29 is 28.9 Å². The van der Waals surface area contributed by atoms with Crippen molar-refractivity contribution in [2.45, 2.75) is 18.6 Å². The summed E-state index contributed by atoms with van der Waals surface area (Å²) in [5, 5.41) is 18.9. The Balaban J connectivity index is 2.25. The van der Waals surface area contributed by atoms with Gasteiger partial charge in [0.05, 0.1) is 33.5 Å². The summed E-state index contributed by atoms with van der Waals surface area (Å²) in [4.78, 5) is 22.4. The summed E-state index contributed by atoms with van der Waals surface area (Å²) in [5.41, 5.74) is 1.24. The number of rotatable bonds is 7. The van der Waals surface area contributed by atoms with Crippen LogP contribution >= 0.6 is 11.8 Å². The minimum Gasteiger partial charge on any atom is -0.493 e. The van der Waals surface area contributed by atoms with Crippen molar-refractivity contribution in [1.82, 2.24) is 5.32 Å². The molecule has 1 aliphatic rings. The van der Waals surface area contributed by atoms with E-state index in [1.54, 1.807) is 19.1 Å². The molecular weight excluding hydrogens is 362 g/mol. The second-order valence-electron chi connectivity index (χ2n) is 5.20. The van der Waals surface area contributed by atoms with E-state index >= 15 is 0 Å². The minimum atomic E-state index is -1.05. The number of carboxylic acids is 1. The predicted octanol–water partition coefficient (Wildman–Crippen LogP) is 1.50. The van der Waals surface area contributed by atoms with Crippen molar-refractivity contribution >= 4 is 34.5 Å². The van der Waals surface area contributed by atoms with Crippen LogP contribution in [0.3, 0.4) is 0 Å². The highest BCUT2D eigenvalue weighted by atomic mass is 32.2. The highest BCUT2D eigenvalue weighted by Crippen LogP contribution is 2.38. The molecule has 26 heavy (non-hydrogen) atoms. The van der Waals surface area contributed by atoms with Crippen LogP contribution < -0.4 is 19.5 Å². The molecular formula is C16H19N3O6S. The lowest BCUT2D eigenvalue weighted by Crippen LogP contribution is -2.26. The molecule has 1 aromatic rings. The van der Waals surface area contributed by atoms with Crippen molar-refractivity contribution in [2.75, 3.05) is 21.3 Å². The lowest BCUT2D eigenvalue weighted by Gasteiger charge is -2.13. The molecule has 0 radical (unpaired) electrons. The summed E-state index contributed by atoms with van der Waals surface area (Å²) in [6, 6.07) is 3.46. The van der Waals surface area contributed by atoms with Crippen molar-refractivity contribution in [1.29, 1.82) is 0 Å². The first-order valence-corrected chi connectivity index (χ1v) is 8.39. The lowest BCUT2D eigenvalue weighted by molar-refractivity contribution is -0.138. The number of hydrogen-bond donors (Lipinski definition) is 2. The third-order valence-corrected chi connectivity index (χ3v) is 4.58. The van der Waals surface area contributed by atoms with Gasteiger partial charge in [0.2, 0.25) is 11.7 Å². The van der Waals surface area contributed by atoms with E-state index in [9.17, 15) is 9.59 Å².